The van der Waals surface area contributed by atoms with Crippen molar-refractivity contribution in [2.45, 2.75) is 0 Å². The van der Waals surface area contributed by atoms with E-state index in [4.69, 9.17) is 37.9 Å². The van der Waals surface area contributed by atoms with E-state index in [0.717, 1.165) is 0 Å². The van der Waals surface area contributed by atoms with E-state index in [0.29, 0.717) is 45.9 Å². The number of rotatable bonds is 12. The standard InChI is InChI=1S/C28H32N2O10/c1-33-19-13-18(30-28(32)16-11-23(37-5)26(40-8)24(12-16)38-6)20(34-2)14-17(19)29-27(31)15-9-21(35-3)25(39-7)22(10-15)36-4/h9-14H,1-8H3,(H,29,31)(H,30,32). The molecule has 0 bridgehead atoms. The van der Waals surface area contributed by atoms with E-state index < -0.39 is 11.8 Å². The summed E-state index contributed by atoms with van der Waals surface area (Å²) in [5.41, 5.74) is 1.08. The highest BCUT2D eigenvalue weighted by Gasteiger charge is 2.22. The van der Waals surface area contributed by atoms with E-state index in [-0.39, 0.29) is 22.6 Å². The monoisotopic (exact) mass is 556 g/mol. The van der Waals surface area contributed by atoms with Crippen LogP contribution in [0.5, 0.6) is 46.0 Å². The highest BCUT2D eigenvalue weighted by Crippen LogP contribution is 2.41. The van der Waals surface area contributed by atoms with Crippen molar-refractivity contribution in [3.8, 4) is 46.0 Å². The van der Waals surface area contributed by atoms with Gasteiger partial charge in [-0.3, -0.25) is 9.59 Å². The zero-order chi connectivity index (χ0) is 29.4. The zero-order valence-electron chi connectivity index (χ0n) is 23.5. The highest BCUT2D eigenvalue weighted by atomic mass is 16.5. The van der Waals surface area contributed by atoms with Crippen LogP contribution in [0.3, 0.4) is 0 Å². The zero-order valence-corrected chi connectivity index (χ0v) is 23.5. The Morgan fingerprint density at radius 1 is 0.425 bits per heavy atom. The number of nitrogens with one attached hydrogen (secondary N) is 2. The number of methoxy groups -OCH3 is 8. The van der Waals surface area contributed by atoms with Crippen LogP contribution in [-0.2, 0) is 0 Å². The molecule has 0 unspecified atom stereocenters. The summed E-state index contributed by atoms with van der Waals surface area (Å²) in [6.45, 7) is 0. The first-order valence-electron chi connectivity index (χ1n) is 11.8. The van der Waals surface area contributed by atoms with E-state index in [1.807, 2.05) is 0 Å². The summed E-state index contributed by atoms with van der Waals surface area (Å²) < 4.78 is 43.0. The quantitative estimate of drug-likeness (QED) is 0.333. The Balaban J connectivity index is 1.94. The van der Waals surface area contributed by atoms with E-state index in [1.165, 1.54) is 93.3 Å². The molecule has 0 aliphatic carbocycles. The molecule has 12 heteroatoms. The average Bonchev–Trinajstić information content (AvgIpc) is 2.99. The molecule has 0 saturated carbocycles. The van der Waals surface area contributed by atoms with Gasteiger partial charge in [0.2, 0.25) is 11.5 Å². The fourth-order valence-corrected chi connectivity index (χ4v) is 3.91. The van der Waals surface area contributed by atoms with E-state index in [2.05, 4.69) is 10.6 Å². The summed E-state index contributed by atoms with van der Waals surface area (Å²) in [7, 11) is 11.6. The smallest absolute Gasteiger partial charge is 0.256 e. The normalized spacial score (nSPS) is 10.2. The maximum absolute atomic E-state index is 13.2. The lowest BCUT2D eigenvalue weighted by Crippen LogP contribution is -2.15. The lowest BCUT2D eigenvalue weighted by atomic mass is 10.1. The Morgan fingerprint density at radius 3 is 0.925 bits per heavy atom. The minimum atomic E-state index is -0.478. The van der Waals surface area contributed by atoms with Crippen molar-refractivity contribution in [2.24, 2.45) is 0 Å². The van der Waals surface area contributed by atoms with Gasteiger partial charge in [-0.25, -0.2) is 0 Å². The molecule has 0 spiro atoms. The summed E-state index contributed by atoms with van der Waals surface area (Å²) in [6, 6.07) is 9.14. The molecule has 0 aliphatic rings. The van der Waals surface area contributed by atoms with Gasteiger partial charge in [0.1, 0.15) is 11.5 Å². The van der Waals surface area contributed by atoms with Crippen molar-refractivity contribution < 1.29 is 47.5 Å². The van der Waals surface area contributed by atoms with Gasteiger partial charge in [-0.05, 0) is 24.3 Å². The van der Waals surface area contributed by atoms with Gasteiger partial charge in [-0.2, -0.15) is 0 Å². The van der Waals surface area contributed by atoms with Crippen LogP contribution in [0.2, 0.25) is 0 Å². The summed E-state index contributed by atoms with van der Waals surface area (Å²) >= 11 is 0. The molecule has 0 heterocycles. The molecule has 40 heavy (non-hydrogen) atoms. The number of carbonyl (C=O) groups excluding carboxylic acids is 2. The van der Waals surface area contributed by atoms with Gasteiger partial charge in [-0.15, -0.1) is 0 Å². The van der Waals surface area contributed by atoms with Crippen molar-refractivity contribution in [3.63, 3.8) is 0 Å². The van der Waals surface area contributed by atoms with Crippen molar-refractivity contribution in [1.29, 1.82) is 0 Å². The van der Waals surface area contributed by atoms with Crippen LogP contribution in [0, 0.1) is 0 Å². The lowest BCUT2D eigenvalue weighted by molar-refractivity contribution is 0.101. The van der Waals surface area contributed by atoms with Crippen LogP contribution in [0.4, 0.5) is 11.4 Å². The van der Waals surface area contributed by atoms with Crippen LogP contribution < -0.4 is 48.5 Å². The Hall–Kier alpha value is -5.00. The molecule has 3 rings (SSSR count). The molecule has 0 saturated heterocycles. The fraction of sp³-hybridized carbons (Fsp3) is 0.286. The van der Waals surface area contributed by atoms with Gasteiger partial charge in [0.15, 0.2) is 23.0 Å². The SMILES string of the molecule is COc1cc(NC(=O)c2cc(OC)c(OC)c(OC)c2)c(OC)cc1NC(=O)c1cc(OC)c(OC)c(OC)c1. The van der Waals surface area contributed by atoms with Gasteiger partial charge >= 0.3 is 0 Å². The van der Waals surface area contributed by atoms with E-state index in [9.17, 15) is 9.59 Å². The number of benzene rings is 3. The number of hydrogen-bond donors (Lipinski definition) is 2. The second-order valence-corrected chi connectivity index (χ2v) is 7.99. The van der Waals surface area contributed by atoms with Crippen molar-refractivity contribution in [1.82, 2.24) is 0 Å². The topological polar surface area (TPSA) is 132 Å². The highest BCUT2D eigenvalue weighted by molar-refractivity contribution is 6.08. The number of ether oxygens (including phenoxy) is 8. The Morgan fingerprint density at radius 2 is 0.700 bits per heavy atom. The largest absolute Gasteiger partial charge is 0.494 e. The van der Waals surface area contributed by atoms with E-state index in [1.54, 1.807) is 0 Å². The molecule has 2 amide bonds. The van der Waals surface area contributed by atoms with Gasteiger partial charge in [0.05, 0.1) is 68.3 Å². The summed E-state index contributed by atoms with van der Waals surface area (Å²) in [5, 5.41) is 5.58. The Kier molecular flexibility index (Phi) is 9.74. The van der Waals surface area contributed by atoms with Gasteiger partial charge < -0.3 is 48.5 Å². The summed E-state index contributed by atoms with van der Waals surface area (Å²) in [5.74, 6) is 1.57. The summed E-state index contributed by atoms with van der Waals surface area (Å²) in [4.78, 5) is 26.4. The molecule has 3 aromatic carbocycles. The second kappa shape index (κ2) is 13.2. The van der Waals surface area contributed by atoms with Crippen LogP contribution >= 0.6 is 0 Å². The number of anilines is 2. The summed E-state index contributed by atoms with van der Waals surface area (Å²) in [6.07, 6.45) is 0. The molecular formula is C28H32N2O10. The minimum absolute atomic E-state index is 0.246. The molecule has 0 aromatic heterocycles. The molecular weight excluding hydrogens is 524 g/mol. The molecule has 0 fully saturated rings. The number of carbonyl (C=O) groups is 2. The maximum Gasteiger partial charge on any atom is 0.256 e. The third-order valence-corrected chi connectivity index (χ3v) is 5.87. The third kappa shape index (κ3) is 6.01. The predicted octanol–water partition coefficient (Wildman–Crippen LogP) is 4.26. The van der Waals surface area contributed by atoms with Gasteiger partial charge in [-0.1, -0.05) is 0 Å². The first-order valence-corrected chi connectivity index (χ1v) is 11.8. The first-order chi connectivity index (χ1) is 19.3. The Bertz CT molecular complexity index is 1230. The predicted molar refractivity (Wildman–Crippen MR) is 148 cm³/mol. The second-order valence-electron chi connectivity index (χ2n) is 7.99. The van der Waals surface area contributed by atoms with E-state index >= 15 is 0 Å². The number of hydrogen-bond acceptors (Lipinski definition) is 10. The van der Waals surface area contributed by atoms with Gasteiger partial charge in [0.25, 0.3) is 11.8 Å². The van der Waals surface area contributed by atoms with Crippen LogP contribution in [0.25, 0.3) is 0 Å². The van der Waals surface area contributed by atoms with Crippen LogP contribution in [0.15, 0.2) is 36.4 Å². The molecule has 2 N–H and O–H groups in total. The molecule has 12 nitrogen and oxygen atoms in total. The lowest BCUT2D eigenvalue weighted by Gasteiger charge is -2.18. The minimum Gasteiger partial charge on any atom is -0.494 e. The maximum atomic E-state index is 13.2. The number of amides is 2. The molecule has 0 atom stereocenters. The van der Waals surface area contributed by atoms with Crippen molar-refractivity contribution in [3.05, 3.63) is 47.5 Å². The van der Waals surface area contributed by atoms with Crippen LogP contribution in [0.1, 0.15) is 20.7 Å². The fourth-order valence-electron chi connectivity index (χ4n) is 3.91. The third-order valence-electron chi connectivity index (χ3n) is 5.87. The van der Waals surface area contributed by atoms with Gasteiger partial charge in [0, 0.05) is 23.3 Å². The first kappa shape index (κ1) is 29.6. The average molecular weight is 557 g/mol. The van der Waals surface area contributed by atoms with Crippen molar-refractivity contribution in [2.75, 3.05) is 67.5 Å². The molecule has 0 aliphatic heterocycles. The van der Waals surface area contributed by atoms with Crippen molar-refractivity contribution >= 4 is 23.2 Å². The molecule has 214 valence electrons. The molecule has 0 radical (unpaired) electrons. The van der Waals surface area contributed by atoms with Crippen LogP contribution in [-0.4, -0.2) is 68.7 Å². The Labute approximate surface area is 232 Å². The molecule has 3 aromatic rings.